The largest absolute Gasteiger partial charge is 0.313 e. The van der Waals surface area contributed by atoms with Crippen LogP contribution in [0.15, 0.2) is 65.4 Å². The van der Waals surface area contributed by atoms with Crippen LogP contribution in [0.25, 0.3) is 0 Å². The highest BCUT2D eigenvalue weighted by Gasteiger charge is 2.40. The van der Waals surface area contributed by atoms with Crippen molar-refractivity contribution in [3.8, 4) is 0 Å². The zero-order valence-corrected chi connectivity index (χ0v) is 17.3. The molecule has 3 aliphatic heterocycles. The van der Waals surface area contributed by atoms with Crippen LogP contribution < -0.4 is 4.90 Å². The van der Waals surface area contributed by atoms with Gasteiger partial charge in [0.1, 0.15) is 11.7 Å². The van der Waals surface area contributed by atoms with Crippen LogP contribution in [0.1, 0.15) is 58.1 Å². The van der Waals surface area contributed by atoms with Crippen molar-refractivity contribution in [2.75, 3.05) is 4.90 Å². The summed E-state index contributed by atoms with van der Waals surface area (Å²) < 4.78 is 0. The lowest BCUT2D eigenvalue weighted by atomic mass is 9.73. The number of benzene rings is 2. The fourth-order valence-corrected chi connectivity index (χ4v) is 5.11. The number of anilines is 2. The fraction of sp³-hybridized carbons (Fsp3) is 0.400. The highest BCUT2D eigenvalue weighted by atomic mass is 15.4. The third kappa shape index (κ3) is 2.45. The maximum absolute atomic E-state index is 4.98. The van der Waals surface area contributed by atoms with E-state index >= 15 is 0 Å². The first kappa shape index (κ1) is 17.5. The molecule has 0 amide bonds. The third-order valence-corrected chi connectivity index (χ3v) is 6.63. The summed E-state index contributed by atoms with van der Waals surface area (Å²) in [7, 11) is 0. The van der Waals surface area contributed by atoms with Gasteiger partial charge in [0.25, 0.3) is 0 Å². The molecule has 0 saturated carbocycles. The smallest absolute Gasteiger partial charge is 0.115 e. The fourth-order valence-electron chi connectivity index (χ4n) is 5.11. The van der Waals surface area contributed by atoms with E-state index in [0.717, 1.165) is 19.3 Å². The number of fused-ring (bicyclic) bond motifs is 2. The molecule has 3 aliphatic rings. The minimum Gasteiger partial charge on any atom is -0.313 e. The summed E-state index contributed by atoms with van der Waals surface area (Å²) in [5.41, 5.74) is 5.34. The van der Waals surface area contributed by atoms with Gasteiger partial charge < -0.3 is 4.90 Å². The van der Waals surface area contributed by atoms with Crippen molar-refractivity contribution in [1.82, 2.24) is 4.90 Å². The lowest BCUT2D eigenvalue weighted by Crippen LogP contribution is -2.41. The quantitative estimate of drug-likeness (QED) is 0.614. The highest BCUT2D eigenvalue weighted by molar-refractivity contribution is 5.89. The Balaban J connectivity index is 1.69. The molecule has 2 aromatic carbocycles. The van der Waals surface area contributed by atoms with E-state index in [0.29, 0.717) is 12.1 Å². The molecular weight excluding hydrogens is 342 g/mol. The minimum absolute atomic E-state index is 0.0152. The Kier molecular flexibility index (Phi) is 3.90. The summed E-state index contributed by atoms with van der Waals surface area (Å²) >= 11 is 0. The van der Waals surface area contributed by atoms with Gasteiger partial charge in [0.15, 0.2) is 0 Å². The van der Waals surface area contributed by atoms with E-state index in [-0.39, 0.29) is 5.41 Å². The second-order valence-electron chi connectivity index (χ2n) is 8.94. The predicted molar refractivity (Wildman–Crippen MR) is 117 cm³/mol. The number of aliphatic imine (C=N–C) groups is 1. The van der Waals surface area contributed by atoms with Gasteiger partial charge in [-0.2, -0.15) is 0 Å². The molecule has 0 N–H and O–H groups in total. The van der Waals surface area contributed by atoms with Gasteiger partial charge in [-0.15, -0.1) is 0 Å². The molecule has 3 heterocycles. The van der Waals surface area contributed by atoms with E-state index in [1.807, 2.05) is 0 Å². The van der Waals surface area contributed by atoms with Gasteiger partial charge in [0, 0.05) is 23.9 Å². The van der Waals surface area contributed by atoms with Crippen LogP contribution in [0.3, 0.4) is 0 Å². The Hall–Kier alpha value is -2.55. The first-order chi connectivity index (χ1) is 13.5. The van der Waals surface area contributed by atoms with Crippen LogP contribution in [0, 0.1) is 0 Å². The first-order valence-electron chi connectivity index (χ1n) is 10.5. The van der Waals surface area contributed by atoms with E-state index < -0.39 is 0 Å². The standard InChI is InChI=1S/C25H29N3/c1-17-13-15-23(26-17)27-18(2)14-16-24(27)28-21-11-7-5-9-19(21)25(3,4)20-10-6-8-12-22(20)28/h5-12,16-18H,13-15H2,1-4H3. The van der Waals surface area contributed by atoms with Gasteiger partial charge in [-0.25, -0.2) is 0 Å². The number of amidine groups is 1. The Bertz CT molecular complexity index is 935. The number of rotatable bonds is 1. The molecule has 2 atom stereocenters. The molecule has 0 aliphatic carbocycles. The molecule has 0 bridgehead atoms. The number of nitrogens with zero attached hydrogens (tertiary/aromatic N) is 3. The molecule has 0 fully saturated rings. The normalized spacial score (nSPS) is 25.3. The Morgan fingerprint density at radius 3 is 2.11 bits per heavy atom. The van der Waals surface area contributed by atoms with Gasteiger partial charge in [-0.1, -0.05) is 50.2 Å². The number of hydrogen-bond acceptors (Lipinski definition) is 3. The average Bonchev–Trinajstić information content (AvgIpc) is 3.28. The summed E-state index contributed by atoms with van der Waals surface area (Å²) in [5, 5.41) is 0. The van der Waals surface area contributed by atoms with Crippen molar-refractivity contribution in [2.24, 2.45) is 4.99 Å². The Morgan fingerprint density at radius 1 is 0.929 bits per heavy atom. The summed E-state index contributed by atoms with van der Waals surface area (Å²) in [4.78, 5) is 9.95. The summed E-state index contributed by atoms with van der Waals surface area (Å²) in [6, 6.07) is 18.7. The van der Waals surface area contributed by atoms with Crippen LogP contribution in [0.5, 0.6) is 0 Å². The van der Waals surface area contributed by atoms with Gasteiger partial charge in [-0.05, 0) is 56.0 Å². The maximum Gasteiger partial charge on any atom is 0.115 e. The molecule has 2 aromatic rings. The molecule has 5 rings (SSSR count). The van der Waals surface area contributed by atoms with Crippen molar-refractivity contribution in [2.45, 2.75) is 64.5 Å². The minimum atomic E-state index is -0.0152. The molecule has 0 saturated heterocycles. The first-order valence-corrected chi connectivity index (χ1v) is 10.5. The van der Waals surface area contributed by atoms with Crippen LogP contribution in [0.2, 0.25) is 0 Å². The molecular formula is C25H29N3. The average molecular weight is 372 g/mol. The second-order valence-corrected chi connectivity index (χ2v) is 8.94. The SMILES string of the molecule is CC1CCC(N2C(N3c4ccccc4C(C)(C)c4ccccc43)=CCC2C)=N1. The highest BCUT2D eigenvalue weighted by Crippen LogP contribution is 2.51. The van der Waals surface area contributed by atoms with Gasteiger partial charge in [0.05, 0.1) is 11.4 Å². The van der Waals surface area contributed by atoms with E-state index in [9.17, 15) is 0 Å². The van der Waals surface area contributed by atoms with Gasteiger partial charge in [-0.3, -0.25) is 9.89 Å². The third-order valence-electron chi connectivity index (χ3n) is 6.63. The maximum atomic E-state index is 4.98. The van der Waals surface area contributed by atoms with Crippen LogP contribution in [-0.4, -0.2) is 22.8 Å². The van der Waals surface area contributed by atoms with Crippen LogP contribution >= 0.6 is 0 Å². The summed E-state index contributed by atoms with van der Waals surface area (Å²) in [6.45, 7) is 9.23. The van der Waals surface area contributed by atoms with Crippen molar-refractivity contribution >= 4 is 17.2 Å². The van der Waals surface area contributed by atoms with Crippen molar-refractivity contribution in [3.63, 3.8) is 0 Å². The molecule has 28 heavy (non-hydrogen) atoms. The molecule has 0 radical (unpaired) electrons. The molecule has 2 unspecified atom stereocenters. The number of para-hydroxylation sites is 2. The molecule has 0 spiro atoms. The summed E-state index contributed by atoms with van der Waals surface area (Å²) in [6.07, 6.45) is 5.70. The molecule has 3 heteroatoms. The molecule has 144 valence electrons. The lowest BCUT2D eigenvalue weighted by Gasteiger charge is -2.44. The van der Waals surface area contributed by atoms with Crippen molar-refractivity contribution < 1.29 is 0 Å². The van der Waals surface area contributed by atoms with E-state index in [4.69, 9.17) is 4.99 Å². The van der Waals surface area contributed by atoms with Crippen LogP contribution in [-0.2, 0) is 5.41 Å². The Labute approximate surface area is 168 Å². The zero-order valence-electron chi connectivity index (χ0n) is 17.3. The summed E-state index contributed by atoms with van der Waals surface area (Å²) in [5.74, 6) is 2.53. The van der Waals surface area contributed by atoms with E-state index in [2.05, 4.69) is 92.1 Å². The molecule has 3 nitrogen and oxygen atoms in total. The predicted octanol–water partition coefficient (Wildman–Crippen LogP) is 5.98. The van der Waals surface area contributed by atoms with Gasteiger partial charge in [0.2, 0.25) is 0 Å². The van der Waals surface area contributed by atoms with Gasteiger partial charge >= 0.3 is 0 Å². The van der Waals surface area contributed by atoms with Crippen LogP contribution in [0.4, 0.5) is 11.4 Å². The van der Waals surface area contributed by atoms with E-state index in [1.54, 1.807) is 0 Å². The molecule has 0 aromatic heterocycles. The monoisotopic (exact) mass is 371 g/mol. The van der Waals surface area contributed by atoms with E-state index in [1.165, 1.54) is 34.2 Å². The Morgan fingerprint density at radius 2 is 1.54 bits per heavy atom. The second kappa shape index (κ2) is 6.23. The van der Waals surface area contributed by atoms with Crippen molar-refractivity contribution in [3.05, 3.63) is 71.6 Å². The topological polar surface area (TPSA) is 18.8 Å². The zero-order chi connectivity index (χ0) is 19.5. The number of hydrogen-bond donors (Lipinski definition) is 0. The lowest BCUT2D eigenvalue weighted by molar-refractivity contribution is 0.424. The van der Waals surface area contributed by atoms with Crippen molar-refractivity contribution in [1.29, 1.82) is 0 Å².